The molecule has 1 aliphatic rings. The molecule has 1 saturated heterocycles. The van der Waals surface area contributed by atoms with Gasteiger partial charge in [-0.1, -0.05) is 30.3 Å². The minimum absolute atomic E-state index is 0.0183. The summed E-state index contributed by atoms with van der Waals surface area (Å²) < 4.78 is 11.3. The van der Waals surface area contributed by atoms with Gasteiger partial charge < -0.3 is 14.6 Å². The molecule has 0 saturated carbocycles. The fourth-order valence-corrected chi connectivity index (χ4v) is 2.18. The van der Waals surface area contributed by atoms with Crippen molar-refractivity contribution in [1.82, 2.24) is 0 Å². The third-order valence-corrected chi connectivity index (χ3v) is 3.13. The van der Waals surface area contributed by atoms with Gasteiger partial charge in [0.1, 0.15) is 0 Å². The number of hydrogen-bond donors (Lipinski definition) is 1. The fraction of sp³-hybridized carbons (Fsp3) is 0.571. The molecule has 1 fully saturated rings. The van der Waals surface area contributed by atoms with E-state index >= 15 is 0 Å². The zero-order valence-corrected chi connectivity index (χ0v) is 10.4. The average Bonchev–Trinajstić information content (AvgIpc) is 2.68. The molecule has 0 amide bonds. The van der Waals surface area contributed by atoms with E-state index in [1.807, 2.05) is 32.0 Å². The second-order valence-corrected chi connectivity index (χ2v) is 5.00. The quantitative estimate of drug-likeness (QED) is 0.869. The predicted molar refractivity (Wildman–Crippen MR) is 65.6 cm³/mol. The highest BCUT2D eigenvalue weighted by molar-refractivity contribution is 5.15. The number of hydrogen-bond acceptors (Lipinski definition) is 3. The van der Waals surface area contributed by atoms with Crippen LogP contribution >= 0.6 is 0 Å². The van der Waals surface area contributed by atoms with Gasteiger partial charge in [-0.25, -0.2) is 0 Å². The largest absolute Gasteiger partial charge is 0.396 e. The van der Waals surface area contributed by atoms with Gasteiger partial charge in [-0.3, -0.25) is 0 Å². The lowest BCUT2D eigenvalue weighted by Crippen LogP contribution is -2.30. The van der Waals surface area contributed by atoms with Crippen molar-refractivity contribution in [1.29, 1.82) is 0 Å². The van der Waals surface area contributed by atoms with Crippen LogP contribution in [0.1, 0.15) is 19.4 Å². The maximum atomic E-state index is 9.48. The Morgan fingerprint density at radius 2 is 2.06 bits per heavy atom. The van der Waals surface area contributed by atoms with Crippen molar-refractivity contribution in [2.24, 2.45) is 5.92 Å². The van der Waals surface area contributed by atoms with Crippen molar-refractivity contribution in [2.75, 3.05) is 13.2 Å². The lowest BCUT2D eigenvalue weighted by Gasteiger charge is -2.22. The number of benzene rings is 1. The van der Waals surface area contributed by atoms with Crippen molar-refractivity contribution in [3.8, 4) is 0 Å². The van der Waals surface area contributed by atoms with Crippen molar-refractivity contribution < 1.29 is 14.6 Å². The first kappa shape index (κ1) is 12.6. The van der Waals surface area contributed by atoms with Crippen LogP contribution < -0.4 is 0 Å². The van der Waals surface area contributed by atoms with Crippen LogP contribution in [0.25, 0.3) is 0 Å². The van der Waals surface area contributed by atoms with E-state index < -0.39 is 5.79 Å². The summed E-state index contributed by atoms with van der Waals surface area (Å²) in [5.41, 5.74) is 1.22. The van der Waals surface area contributed by atoms with Crippen molar-refractivity contribution >= 4 is 0 Å². The number of aliphatic hydroxyl groups is 1. The Hall–Kier alpha value is -0.900. The molecule has 0 spiro atoms. The van der Waals surface area contributed by atoms with Gasteiger partial charge in [-0.05, 0) is 25.8 Å². The van der Waals surface area contributed by atoms with Gasteiger partial charge in [0, 0.05) is 12.5 Å². The van der Waals surface area contributed by atoms with Crippen LogP contribution in [0.4, 0.5) is 0 Å². The highest BCUT2D eigenvalue weighted by atomic mass is 16.7. The van der Waals surface area contributed by atoms with Crippen LogP contribution in [0.15, 0.2) is 30.3 Å². The Morgan fingerprint density at radius 3 is 2.59 bits per heavy atom. The highest BCUT2D eigenvalue weighted by Crippen LogP contribution is 2.28. The molecule has 17 heavy (non-hydrogen) atoms. The van der Waals surface area contributed by atoms with Crippen molar-refractivity contribution in [3.05, 3.63) is 35.9 Å². The molecular weight excluding hydrogens is 216 g/mol. The van der Waals surface area contributed by atoms with Gasteiger partial charge in [0.05, 0.1) is 12.7 Å². The van der Waals surface area contributed by atoms with Crippen molar-refractivity contribution in [3.63, 3.8) is 0 Å². The second-order valence-electron chi connectivity index (χ2n) is 5.00. The summed E-state index contributed by atoms with van der Waals surface area (Å²) in [6.07, 6.45) is 0.803. The first-order valence-electron chi connectivity index (χ1n) is 6.07. The fourth-order valence-electron chi connectivity index (χ4n) is 2.18. The molecule has 0 aliphatic carbocycles. The number of aliphatic hydroxyl groups excluding tert-OH is 1. The Bertz CT molecular complexity index is 348. The average molecular weight is 236 g/mol. The van der Waals surface area contributed by atoms with E-state index in [2.05, 4.69) is 12.1 Å². The smallest absolute Gasteiger partial charge is 0.163 e. The first-order valence-corrected chi connectivity index (χ1v) is 6.07. The lowest BCUT2D eigenvalue weighted by molar-refractivity contribution is -0.146. The summed E-state index contributed by atoms with van der Waals surface area (Å²) in [6.45, 7) is 4.50. The molecule has 2 rings (SSSR count). The standard InChI is InChI=1S/C14H20O3/c1-14(2)16-10-13(17-14)12(9-15)8-11-6-4-3-5-7-11/h3-7,12-13,15H,8-10H2,1-2H3/t12-,13+/m0/s1. The lowest BCUT2D eigenvalue weighted by atomic mass is 9.95. The SMILES string of the molecule is CC1(C)OC[C@H]([C@H](CO)Cc2ccccc2)O1. The Labute approximate surface area is 102 Å². The van der Waals surface area contributed by atoms with E-state index in [4.69, 9.17) is 9.47 Å². The molecule has 1 aromatic rings. The van der Waals surface area contributed by atoms with Gasteiger partial charge in [-0.2, -0.15) is 0 Å². The topological polar surface area (TPSA) is 38.7 Å². The van der Waals surface area contributed by atoms with Gasteiger partial charge >= 0.3 is 0 Å². The monoisotopic (exact) mass is 236 g/mol. The molecule has 3 nitrogen and oxygen atoms in total. The molecule has 1 aliphatic heterocycles. The Balaban J connectivity index is 1.98. The van der Waals surface area contributed by atoms with E-state index in [1.165, 1.54) is 5.56 Å². The first-order chi connectivity index (χ1) is 8.11. The molecule has 94 valence electrons. The summed E-state index contributed by atoms with van der Waals surface area (Å²) in [7, 11) is 0. The zero-order valence-electron chi connectivity index (χ0n) is 10.4. The van der Waals surface area contributed by atoms with Gasteiger partial charge in [0.25, 0.3) is 0 Å². The third kappa shape index (κ3) is 3.28. The van der Waals surface area contributed by atoms with Crippen molar-refractivity contribution in [2.45, 2.75) is 32.2 Å². The maximum absolute atomic E-state index is 9.48. The molecule has 1 aromatic carbocycles. The van der Waals surface area contributed by atoms with Crippen LogP contribution in [0.2, 0.25) is 0 Å². The third-order valence-electron chi connectivity index (χ3n) is 3.13. The normalized spacial score (nSPS) is 24.8. The summed E-state index contributed by atoms with van der Waals surface area (Å²) in [5, 5.41) is 9.48. The highest BCUT2D eigenvalue weighted by Gasteiger charge is 2.36. The van der Waals surface area contributed by atoms with Crippen LogP contribution in [0.3, 0.4) is 0 Å². The summed E-state index contributed by atoms with van der Waals surface area (Å²) >= 11 is 0. The molecule has 1 N–H and O–H groups in total. The molecule has 0 bridgehead atoms. The molecule has 1 heterocycles. The molecule has 0 aromatic heterocycles. The van der Waals surface area contributed by atoms with E-state index in [9.17, 15) is 5.11 Å². The Kier molecular flexibility index (Phi) is 3.82. The summed E-state index contributed by atoms with van der Waals surface area (Å²) in [4.78, 5) is 0. The van der Waals surface area contributed by atoms with E-state index in [0.717, 1.165) is 6.42 Å². The van der Waals surface area contributed by atoms with E-state index in [1.54, 1.807) is 0 Å². The van der Waals surface area contributed by atoms with Crippen LogP contribution in [0, 0.1) is 5.92 Å². The summed E-state index contributed by atoms with van der Waals surface area (Å²) in [5.74, 6) is -0.423. The molecule has 0 radical (unpaired) electrons. The Morgan fingerprint density at radius 1 is 1.35 bits per heavy atom. The molecule has 2 atom stereocenters. The second kappa shape index (κ2) is 5.17. The number of ether oxygens (including phenoxy) is 2. The van der Waals surface area contributed by atoms with E-state index in [0.29, 0.717) is 6.61 Å². The minimum atomic E-state index is -0.519. The maximum Gasteiger partial charge on any atom is 0.163 e. The molecular formula is C14H20O3. The predicted octanol–water partition coefficient (Wildman–Crippen LogP) is 1.99. The minimum Gasteiger partial charge on any atom is -0.396 e. The van der Waals surface area contributed by atoms with Gasteiger partial charge in [-0.15, -0.1) is 0 Å². The molecule has 0 unspecified atom stereocenters. The van der Waals surface area contributed by atoms with Gasteiger partial charge in [0.15, 0.2) is 5.79 Å². The molecule has 3 heteroatoms. The van der Waals surface area contributed by atoms with E-state index in [-0.39, 0.29) is 18.6 Å². The van der Waals surface area contributed by atoms with Crippen LogP contribution in [0.5, 0.6) is 0 Å². The van der Waals surface area contributed by atoms with Crippen LogP contribution in [-0.4, -0.2) is 30.2 Å². The zero-order chi connectivity index (χ0) is 12.3. The number of rotatable bonds is 4. The van der Waals surface area contributed by atoms with Gasteiger partial charge in [0.2, 0.25) is 0 Å². The van der Waals surface area contributed by atoms with Crippen LogP contribution in [-0.2, 0) is 15.9 Å². The summed E-state index contributed by atoms with van der Waals surface area (Å²) in [6, 6.07) is 10.2.